The Bertz CT molecular complexity index is 343. The van der Waals surface area contributed by atoms with Crippen molar-refractivity contribution in [3.63, 3.8) is 0 Å². The molecule has 2 N–H and O–H groups in total. The fourth-order valence-corrected chi connectivity index (χ4v) is 2.69. The van der Waals surface area contributed by atoms with E-state index in [4.69, 9.17) is 11.6 Å². The van der Waals surface area contributed by atoms with Crippen LogP contribution in [0.5, 0.6) is 0 Å². The highest BCUT2D eigenvalue weighted by molar-refractivity contribution is 6.30. The van der Waals surface area contributed by atoms with E-state index in [0.29, 0.717) is 0 Å². The van der Waals surface area contributed by atoms with Crippen LogP contribution < -0.4 is 10.6 Å². The van der Waals surface area contributed by atoms with Crippen LogP contribution in [0.25, 0.3) is 0 Å². The summed E-state index contributed by atoms with van der Waals surface area (Å²) in [6, 6.07) is 8.83. The molecular formula is C12H16Cl2N2. The Morgan fingerprint density at radius 3 is 2.44 bits per heavy atom. The smallest absolute Gasteiger partial charge is 0.0406 e. The summed E-state index contributed by atoms with van der Waals surface area (Å²) in [5, 5.41) is 7.82. The molecule has 2 nitrogen and oxygen atoms in total. The Hall–Kier alpha value is -0.280. The third-order valence-corrected chi connectivity index (χ3v) is 3.80. The number of halogens is 2. The van der Waals surface area contributed by atoms with E-state index in [9.17, 15) is 0 Å². The second kappa shape index (κ2) is 4.92. The van der Waals surface area contributed by atoms with Crippen LogP contribution in [0.1, 0.15) is 5.56 Å². The Labute approximate surface area is 107 Å². The Balaban J connectivity index is 0.000000963. The second-order valence-corrected chi connectivity index (χ2v) is 4.96. The van der Waals surface area contributed by atoms with E-state index < -0.39 is 0 Å². The van der Waals surface area contributed by atoms with Crippen LogP contribution in [0, 0.1) is 11.8 Å². The van der Waals surface area contributed by atoms with Crippen LogP contribution in [-0.4, -0.2) is 19.1 Å². The molecule has 0 amide bonds. The summed E-state index contributed by atoms with van der Waals surface area (Å²) in [5.41, 5.74) is 1.32. The molecule has 1 aliphatic heterocycles. The maximum Gasteiger partial charge on any atom is 0.0406 e. The second-order valence-electron chi connectivity index (χ2n) is 4.52. The lowest BCUT2D eigenvalue weighted by molar-refractivity contribution is 0.566. The molecule has 1 aromatic rings. The number of hydrogen-bond acceptors (Lipinski definition) is 2. The van der Waals surface area contributed by atoms with Crippen molar-refractivity contribution in [1.29, 1.82) is 0 Å². The molecule has 0 aromatic heterocycles. The molecule has 1 aliphatic carbocycles. The zero-order valence-corrected chi connectivity index (χ0v) is 10.5. The molecule has 0 bridgehead atoms. The molecular weight excluding hydrogens is 243 g/mol. The van der Waals surface area contributed by atoms with Gasteiger partial charge in [-0.2, -0.15) is 0 Å². The van der Waals surface area contributed by atoms with Gasteiger partial charge in [0, 0.05) is 17.6 Å². The van der Waals surface area contributed by atoms with Crippen molar-refractivity contribution < 1.29 is 0 Å². The van der Waals surface area contributed by atoms with Gasteiger partial charge in [-0.15, -0.1) is 12.4 Å². The minimum Gasteiger partial charge on any atom is -0.316 e. The van der Waals surface area contributed by atoms with Crippen molar-refractivity contribution in [3.8, 4) is 0 Å². The molecule has 0 radical (unpaired) electrons. The number of piperidine rings is 1. The van der Waals surface area contributed by atoms with Gasteiger partial charge < -0.3 is 10.6 Å². The fourth-order valence-electron chi connectivity index (χ4n) is 2.56. The van der Waals surface area contributed by atoms with E-state index in [1.54, 1.807) is 0 Å². The molecule has 16 heavy (non-hydrogen) atoms. The van der Waals surface area contributed by atoms with Crippen molar-refractivity contribution >= 4 is 24.0 Å². The molecule has 1 saturated carbocycles. The zero-order chi connectivity index (χ0) is 10.3. The predicted molar refractivity (Wildman–Crippen MR) is 69.2 cm³/mol. The summed E-state index contributed by atoms with van der Waals surface area (Å²) in [4.78, 5) is 0. The zero-order valence-electron chi connectivity index (χ0n) is 8.95. The van der Waals surface area contributed by atoms with E-state index >= 15 is 0 Å². The van der Waals surface area contributed by atoms with Crippen LogP contribution >= 0.6 is 24.0 Å². The van der Waals surface area contributed by atoms with Gasteiger partial charge in [0.2, 0.25) is 0 Å². The average Bonchev–Trinajstić information content (AvgIpc) is 2.71. The minimum atomic E-state index is 0. The molecule has 1 unspecified atom stereocenters. The summed E-state index contributed by atoms with van der Waals surface area (Å²) in [7, 11) is 0. The monoisotopic (exact) mass is 258 g/mol. The molecule has 2 fully saturated rings. The van der Waals surface area contributed by atoms with Gasteiger partial charge in [-0.1, -0.05) is 23.7 Å². The first-order valence-electron chi connectivity index (χ1n) is 5.53. The van der Waals surface area contributed by atoms with E-state index in [1.807, 2.05) is 12.1 Å². The summed E-state index contributed by atoms with van der Waals surface area (Å²) in [6.45, 7) is 3.36. The van der Waals surface area contributed by atoms with Crippen LogP contribution in [-0.2, 0) is 6.54 Å². The van der Waals surface area contributed by atoms with Crippen molar-refractivity contribution in [2.24, 2.45) is 11.8 Å². The lowest BCUT2D eigenvalue weighted by atomic mass is 10.2. The van der Waals surface area contributed by atoms with Gasteiger partial charge in [0.25, 0.3) is 0 Å². The van der Waals surface area contributed by atoms with Gasteiger partial charge in [0.1, 0.15) is 0 Å². The molecule has 4 heteroatoms. The standard InChI is InChI=1S/C12H15ClN2.ClH/c13-9-3-1-8(2-4-9)5-15-12-10-6-14-7-11(10)12;/h1-4,10-12,14-15H,5-7H2;1H/t10-,11+,12?;. The molecule has 0 spiro atoms. The Kier molecular flexibility index (Phi) is 3.75. The first kappa shape index (κ1) is 12.2. The Morgan fingerprint density at radius 1 is 1.19 bits per heavy atom. The van der Waals surface area contributed by atoms with E-state index in [2.05, 4.69) is 22.8 Å². The first-order chi connectivity index (χ1) is 7.34. The van der Waals surface area contributed by atoms with Gasteiger partial charge in [-0.25, -0.2) is 0 Å². The molecule has 2 aliphatic rings. The lowest BCUT2D eigenvalue weighted by Crippen LogP contribution is -2.27. The van der Waals surface area contributed by atoms with Gasteiger partial charge >= 0.3 is 0 Å². The summed E-state index contributed by atoms with van der Waals surface area (Å²) in [5.74, 6) is 1.77. The SMILES string of the molecule is Cl.Clc1ccc(CNC2[C@H]3CNC[C@@H]23)cc1. The number of fused-ring (bicyclic) bond motifs is 1. The Morgan fingerprint density at radius 2 is 1.81 bits per heavy atom. The van der Waals surface area contributed by atoms with Crippen molar-refractivity contribution in [3.05, 3.63) is 34.9 Å². The number of nitrogens with one attached hydrogen (secondary N) is 2. The predicted octanol–water partition coefficient (Wildman–Crippen LogP) is 2.07. The normalized spacial score (nSPS) is 30.7. The van der Waals surface area contributed by atoms with Gasteiger partial charge in [-0.05, 0) is 42.6 Å². The van der Waals surface area contributed by atoms with Gasteiger partial charge in [0.05, 0.1) is 0 Å². The number of hydrogen-bond donors (Lipinski definition) is 2. The lowest BCUT2D eigenvalue weighted by Gasteiger charge is -2.07. The highest BCUT2D eigenvalue weighted by Crippen LogP contribution is 2.41. The summed E-state index contributed by atoms with van der Waals surface area (Å²) < 4.78 is 0. The number of rotatable bonds is 3. The van der Waals surface area contributed by atoms with Crippen LogP contribution in [0.3, 0.4) is 0 Å². The topological polar surface area (TPSA) is 24.1 Å². The molecule has 1 heterocycles. The highest BCUT2D eigenvalue weighted by atomic mass is 35.5. The first-order valence-corrected chi connectivity index (χ1v) is 5.91. The van der Waals surface area contributed by atoms with Crippen molar-refractivity contribution in [2.45, 2.75) is 12.6 Å². The van der Waals surface area contributed by atoms with Crippen molar-refractivity contribution in [2.75, 3.05) is 13.1 Å². The number of benzene rings is 1. The van der Waals surface area contributed by atoms with Crippen LogP contribution in [0.2, 0.25) is 5.02 Å². The fraction of sp³-hybridized carbons (Fsp3) is 0.500. The maximum atomic E-state index is 5.84. The average molecular weight is 259 g/mol. The molecule has 3 rings (SSSR count). The van der Waals surface area contributed by atoms with E-state index in [-0.39, 0.29) is 12.4 Å². The maximum absolute atomic E-state index is 5.84. The molecule has 3 atom stereocenters. The quantitative estimate of drug-likeness (QED) is 0.868. The van der Waals surface area contributed by atoms with E-state index in [0.717, 1.165) is 29.4 Å². The van der Waals surface area contributed by atoms with Crippen LogP contribution in [0.4, 0.5) is 0 Å². The largest absolute Gasteiger partial charge is 0.316 e. The summed E-state index contributed by atoms with van der Waals surface area (Å²) >= 11 is 5.84. The summed E-state index contributed by atoms with van der Waals surface area (Å²) in [6.07, 6.45) is 0. The minimum absolute atomic E-state index is 0. The third-order valence-electron chi connectivity index (χ3n) is 3.55. The molecule has 88 valence electrons. The van der Waals surface area contributed by atoms with Crippen LogP contribution in [0.15, 0.2) is 24.3 Å². The van der Waals surface area contributed by atoms with Gasteiger partial charge in [0.15, 0.2) is 0 Å². The molecule has 1 saturated heterocycles. The highest BCUT2D eigenvalue weighted by Gasteiger charge is 2.52. The third kappa shape index (κ3) is 2.35. The molecule has 1 aromatic carbocycles. The van der Waals surface area contributed by atoms with Crippen molar-refractivity contribution in [1.82, 2.24) is 10.6 Å². The van der Waals surface area contributed by atoms with E-state index in [1.165, 1.54) is 18.7 Å². The van der Waals surface area contributed by atoms with Gasteiger partial charge in [-0.3, -0.25) is 0 Å².